The van der Waals surface area contributed by atoms with E-state index in [2.05, 4.69) is 28.1 Å². The molecule has 0 radical (unpaired) electrons. The van der Waals surface area contributed by atoms with Gasteiger partial charge in [-0.15, -0.1) is 0 Å². The molecule has 0 saturated heterocycles. The van der Waals surface area contributed by atoms with Gasteiger partial charge in [0.15, 0.2) is 0 Å². The van der Waals surface area contributed by atoms with Crippen LogP contribution in [0.5, 0.6) is 0 Å². The first kappa shape index (κ1) is 7.76. The van der Waals surface area contributed by atoms with Gasteiger partial charge in [-0.3, -0.25) is 0 Å². The average molecular weight is 200 g/mol. The van der Waals surface area contributed by atoms with Crippen LogP contribution in [-0.4, -0.2) is 0 Å². The summed E-state index contributed by atoms with van der Waals surface area (Å²) in [6.07, 6.45) is 0. The fourth-order valence-electron chi connectivity index (χ4n) is 0.887. The van der Waals surface area contributed by atoms with E-state index < -0.39 is 0 Å². The van der Waals surface area contributed by atoms with Gasteiger partial charge in [-0.05, 0) is 11.1 Å². The highest BCUT2D eigenvalue weighted by atomic mass is 79.9. The minimum atomic E-state index is 0.627. The molecule has 54 valence electrons. The molecule has 0 aliphatic heterocycles. The molecule has 2 heteroatoms. The molecule has 0 amide bonds. The van der Waals surface area contributed by atoms with Crippen molar-refractivity contribution in [3.05, 3.63) is 35.4 Å². The average Bonchev–Trinajstić information content (AvgIpc) is 2.04. The molecular formula is C8H10BrN. The van der Waals surface area contributed by atoms with Crippen LogP contribution in [0.15, 0.2) is 24.3 Å². The van der Waals surface area contributed by atoms with Crippen molar-refractivity contribution in [1.29, 1.82) is 0 Å². The molecular weight excluding hydrogens is 190 g/mol. The van der Waals surface area contributed by atoms with Gasteiger partial charge >= 0.3 is 0 Å². The van der Waals surface area contributed by atoms with Gasteiger partial charge in [0, 0.05) is 11.9 Å². The number of nitrogens with two attached hydrogens (primary N) is 1. The highest BCUT2D eigenvalue weighted by Gasteiger charge is 1.95. The van der Waals surface area contributed by atoms with E-state index in [4.69, 9.17) is 5.73 Å². The van der Waals surface area contributed by atoms with E-state index in [1.807, 2.05) is 12.1 Å². The number of hydrogen-bond acceptors (Lipinski definition) is 1. The Morgan fingerprint density at radius 3 is 2.20 bits per heavy atom. The minimum absolute atomic E-state index is 0.627. The summed E-state index contributed by atoms with van der Waals surface area (Å²) in [4.78, 5) is 0. The van der Waals surface area contributed by atoms with Crippen LogP contribution >= 0.6 is 15.9 Å². The summed E-state index contributed by atoms with van der Waals surface area (Å²) >= 11 is 3.39. The lowest BCUT2D eigenvalue weighted by molar-refractivity contribution is 1.05. The third-order valence-electron chi connectivity index (χ3n) is 1.48. The zero-order valence-electron chi connectivity index (χ0n) is 5.68. The third-order valence-corrected chi connectivity index (χ3v) is 2.09. The van der Waals surface area contributed by atoms with Gasteiger partial charge in [0.25, 0.3) is 0 Å². The highest BCUT2D eigenvalue weighted by Crippen LogP contribution is 2.10. The van der Waals surface area contributed by atoms with E-state index >= 15 is 0 Å². The lowest BCUT2D eigenvalue weighted by Gasteiger charge is -2.01. The summed E-state index contributed by atoms with van der Waals surface area (Å²) < 4.78 is 0. The summed E-state index contributed by atoms with van der Waals surface area (Å²) in [7, 11) is 0. The molecule has 2 N–H and O–H groups in total. The molecule has 0 atom stereocenters. The van der Waals surface area contributed by atoms with Crippen LogP contribution < -0.4 is 5.73 Å². The van der Waals surface area contributed by atoms with Gasteiger partial charge in [-0.1, -0.05) is 40.2 Å². The topological polar surface area (TPSA) is 26.0 Å². The zero-order valence-corrected chi connectivity index (χ0v) is 7.26. The van der Waals surface area contributed by atoms with E-state index in [0.717, 1.165) is 5.33 Å². The van der Waals surface area contributed by atoms with Crippen LogP contribution in [0, 0.1) is 0 Å². The quantitative estimate of drug-likeness (QED) is 0.726. The second-order valence-corrected chi connectivity index (χ2v) is 2.67. The van der Waals surface area contributed by atoms with Crippen LogP contribution in [-0.2, 0) is 11.9 Å². The molecule has 0 bridgehead atoms. The first-order chi connectivity index (χ1) is 4.88. The number of benzene rings is 1. The Hall–Kier alpha value is -0.340. The monoisotopic (exact) mass is 199 g/mol. The number of hydrogen-bond donors (Lipinski definition) is 1. The van der Waals surface area contributed by atoms with Crippen LogP contribution in [0.1, 0.15) is 11.1 Å². The Balaban J connectivity index is 2.96. The van der Waals surface area contributed by atoms with Crippen molar-refractivity contribution in [1.82, 2.24) is 0 Å². The summed E-state index contributed by atoms with van der Waals surface area (Å²) in [6.45, 7) is 0.627. The summed E-state index contributed by atoms with van der Waals surface area (Å²) in [5.74, 6) is 0. The molecule has 0 saturated carbocycles. The van der Waals surface area contributed by atoms with Crippen molar-refractivity contribution in [3.8, 4) is 0 Å². The number of alkyl halides is 1. The van der Waals surface area contributed by atoms with Crippen LogP contribution in [0.25, 0.3) is 0 Å². The molecule has 0 unspecified atom stereocenters. The van der Waals surface area contributed by atoms with E-state index in [1.54, 1.807) is 0 Å². The van der Waals surface area contributed by atoms with Crippen molar-refractivity contribution in [3.63, 3.8) is 0 Å². The van der Waals surface area contributed by atoms with E-state index in [0.29, 0.717) is 6.54 Å². The molecule has 1 nitrogen and oxygen atoms in total. The molecule has 1 aromatic rings. The standard InChI is InChI=1S/C8H10BrN/c9-5-7-3-1-2-4-8(7)6-10/h1-4H,5-6,10H2. The number of halogens is 1. The fourth-order valence-corrected chi connectivity index (χ4v) is 1.43. The lowest BCUT2D eigenvalue weighted by atomic mass is 10.1. The summed E-state index contributed by atoms with van der Waals surface area (Å²) in [6, 6.07) is 8.16. The van der Waals surface area contributed by atoms with E-state index in [9.17, 15) is 0 Å². The van der Waals surface area contributed by atoms with Gasteiger partial charge in [-0.25, -0.2) is 0 Å². The largest absolute Gasteiger partial charge is 0.326 e. The Morgan fingerprint density at radius 1 is 1.20 bits per heavy atom. The van der Waals surface area contributed by atoms with E-state index in [-0.39, 0.29) is 0 Å². The molecule has 1 aromatic carbocycles. The first-order valence-electron chi connectivity index (χ1n) is 3.21. The Kier molecular flexibility index (Phi) is 2.90. The molecule has 10 heavy (non-hydrogen) atoms. The van der Waals surface area contributed by atoms with Crippen molar-refractivity contribution in [2.24, 2.45) is 5.73 Å². The first-order valence-corrected chi connectivity index (χ1v) is 4.33. The lowest BCUT2D eigenvalue weighted by Crippen LogP contribution is -1.99. The Morgan fingerprint density at radius 2 is 1.80 bits per heavy atom. The predicted molar refractivity (Wildman–Crippen MR) is 47.0 cm³/mol. The number of rotatable bonds is 2. The van der Waals surface area contributed by atoms with Gasteiger partial charge < -0.3 is 5.73 Å². The summed E-state index contributed by atoms with van der Waals surface area (Å²) in [5.41, 5.74) is 8.01. The van der Waals surface area contributed by atoms with Gasteiger partial charge in [0.1, 0.15) is 0 Å². The maximum Gasteiger partial charge on any atom is 0.0286 e. The highest BCUT2D eigenvalue weighted by molar-refractivity contribution is 9.08. The zero-order chi connectivity index (χ0) is 7.40. The van der Waals surface area contributed by atoms with Crippen LogP contribution in [0.4, 0.5) is 0 Å². The predicted octanol–water partition coefficient (Wildman–Crippen LogP) is 2.04. The molecule has 0 aliphatic rings. The van der Waals surface area contributed by atoms with Crippen molar-refractivity contribution in [2.45, 2.75) is 11.9 Å². The Labute approximate surface area is 69.4 Å². The second kappa shape index (κ2) is 3.74. The minimum Gasteiger partial charge on any atom is -0.326 e. The molecule has 0 aromatic heterocycles. The fraction of sp³-hybridized carbons (Fsp3) is 0.250. The summed E-state index contributed by atoms with van der Waals surface area (Å²) in [5, 5.41) is 0.889. The smallest absolute Gasteiger partial charge is 0.0286 e. The molecule has 0 aliphatic carbocycles. The SMILES string of the molecule is NCc1ccccc1CBr. The van der Waals surface area contributed by atoms with Crippen molar-refractivity contribution < 1.29 is 0 Å². The van der Waals surface area contributed by atoms with E-state index in [1.165, 1.54) is 11.1 Å². The Bertz CT molecular complexity index is 187. The molecule has 1 rings (SSSR count). The molecule has 0 spiro atoms. The molecule has 0 fully saturated rings. The maximum atomic E-state index is 5.51. The van der Waals surface area contributed by atoms with Gasteiger partial charge in [0.05, 0.1) is 0 Å². The van der Waals surface area contributed by atoms with Crippen molar-refractivity contribution in [2.75, 3.05) is 0 Å². The van der Waals surface area contributed by atoms with Crippen LogP contribution in [0.2, 0.25) is 0 Å². The van der Waals surface area contributed by atoms with Crippen molar-refractivity contribution >= 4 is 15.9 Å². The molecule has 0 heterocycles. The third kappa shape index (κ3) is 1.58. The maximum absolute atomic E-state index is 5.51. The normalized spacial score (nSPS) is 9.80. The van der Waals surface area contributed by atoms with Gasteiger partial charge in [-0.2, -0.15) is 0 Å². The van der Waals surface area contributed by atoms with Gasteiger partial charge in [0.2, 0.25) is 0 Å². The second-order valence-electron chi connectivity index (χ2n) is 2.11. The van der Waals surface area contributed by atoms with Crippen LogP contribution in [0.3, 0.4) is 0 Å².